The topological polar surface area (TPSA) is 29.3 Å². The van der Waals surface area contributed by atoms with E-state index in [2.05, 4.69) is 30.8 Å². The Bertz CT molecular complexity index is 228. The summed E-state index contributed by atoms with van der Waals surface area (Å²) in [5, 5.41) is 0. The first-order chi connectivity index (χ1) is 6.63. The molecular formula is C12H22N2. The molecule has 0 amide bonds. The van der Waals surface area contributed by atoms with Crippen LogP contribution in [0.5, 0.6) is 0 Å². The summed E-state index contributed by atoms with van der Waals surface area (Å²) in [6.07, 6.45) is 5.91. The fraction of sp³-hybridized carbons (Fsp3) is 0.833. The van der Waals surface area contributed by atoms with Crippen molar-refractivity contribution in [1.82, 2.24) is 4.90 Å². The zero-order valence-electron chi connectivity index (χ0n) is 9.64. The van der Waals surface area contributed by atoms with Crippen molar-refractivity contribution in [2.75, 3.05) is 14.1 Å². The molecule has 0 bridgehead atoms. The fourth-order valence-electron chi connectivity index (χ4n) is 2.54. The Morgan fingerprint density at radius 2 is 1.93 bits per heavy atom. The molecule has 1 fully saturated rings. The average molecular weight is 194 g/mol. The van der Waals surface area contributed by atoms with Crippen LogP contribution in [0.4, 0.5) is 0 Å². The maximum absolute atomic E-state index is 6.26. The third-order valence-corrected chi connectivity index (χ3v) is 3.55. The van der Waals surface area contributed by atoms with Crippen LogP contribution in [0.25, 0.3) is 0 Å². The van der Waals surface area contributed by atoms with Gasteiger partial charge in [-0.3, -0.25) is 0 Å². The molecule has 1 aliphatic carbocycles. The smallest absolute Gasteiger partial charge is 0.0363 e. The Morgan fingerprint density at radius 3 is 2.36 bits per heavy atom. The second-order valence-electron chi connectivity index (χ2n) is 4.44. The third-order valence-electron chi connectivity index (χ3n) is 3.55. The van der Waals surface area contributed by atoms with Gasteiger partial charge in [-0.1, -0.05) is 12.8 Å². The Hall–Kier alpha value is -0.520. The van der Waals surface area contributed by atoms with Crippen LogP contribution in [0.15, 0.2) is 0 Å². The summed E-state index contributed by atoms with van der Waals surface area (Å²) in [5.41, 5.74) is 6.47. The van der Waals surface area contributed by atoms with E-state index in [9.17, 15) is 0 Å². The van der Waals surface area contributed by atoms with Crippen molar-refractivity contribution < 1.29 is 0 Å². The summed E-state index contributed by atoms with van der Waals surface area (Å²) in [7, 11) is 4.29. The van der Waals surface area contributed by atoms with Gasteiger partial charge in [0.25, 0.3) is 0 Å². The van der Waals surface area contributed by atoms with Crippen LogP contribution in [0.2, 0.25) is 0 Å². The molecule has 1 saturated carbocycles. The molecule has 1 unspecified atom stereocenters. The highest BCUT2D eigenvalue weighted by Crippen LogP contribution is 2.36. The van der Waals surface area contributed by atoms with Crippen molar-refractivity contribution in [3.63, 3.8) is 0 Å². The lowest BCUT2D eigenvalue weighted by molar-refractivity contribution is 0.125. The van der Waals surface area contributed by atoms with Gasteiger partial charge in [0.2, 0.25) is 0 Å². The molecule has 0 aliphatic heterocycles. The summed E-state index contributed by atoms with van der Waals surface area (Å²) in [5.74, 6) is 6.03. The molecule has 0 spiro atoms. The van der Waals surface area contributed by atoms with Crippen LogP contribution in [0.3, 0.4) is 0 Å². The van der Waals surface area contributed by atoms with Gasteiger partial charge >= 0.3 is 0 Å². The number of hydrogen-bond acceptors (Lipinski definition) is 2. The number of nitrogens with zero attached hydrogens (tertiary/aromatic N) is 1. The summed E-state index contributed by atoms with van der Waals surface area (Å²) >= 11 is 0. The number of likely N-dealkylation sites (N-methyl/N-ethyl adjacent to an activating group) is 1. The zero-order chi connectivity index (χ0) is 10.6. The van der Waals surface area contributed by atoms with Gasteiger partial charge in [-0.25, -0.2) is 0 Å². The van der Waals surface area contributed by atoms with E-state index < -0.39 is 0 Å². The number of rotatable bonds is 3. The molecule has 14 heavy (non-hydrogen) atoms. The van der Waals surface area contributed by atoms with E-state index in [4.69, 9.17) is 5.73 Å². The van der Waals surface area contributed by atoms with Crippen LogP contribution in [0.1, 0.15) is 39.0 Å². The molecule has 0 heterocycles. The van der Waals surface area contributed by atoms with Crippen molar-refractivity contribution in [2.45, 2.75) is 50.6 Å². The molecule has 0 saturated heterocycles. The first-order valence-electron chi connectivity index (χ1n) is 5.46. The first-order valence-corrected chi connectivity index (χ1v) is 5.46. The molecule has 80 valence electrons. The van der Waals surface area contributed by atoms with Gasteiger partial charge in [0, 0.05) is 18.0 Å². The highest BCUT2D eigenvalue weighted by Gasteiger charge is 2.40. The molecular weight excluding hydrogens is 172 g/mol. The van der Waals surface area contributed by atoms with Crippen LogP contribution >= 0.6 is 0 Å². The Balaban J connectivity index is 2.70. The highest BCUT2D eigenvalue weighted by atomic mass is 15.2. The molecule has 2 N–H and O–H groups in total. The van der Waals surface area contributed by atoms with Gasteiger partial charge in [-0.2, -0.15) is 0 Å². The fourth-order valence-corrected chi connectivity index (χ4v) is 2.54. The van der Waals surface area contributed by atoms with Crippen molar-refractivity contribution in [2.24, 2.45) is 5.73 Å². The van der Waals surface area contributed by atoms with E-state index in [0.29, 0.717) is 0 Å². The summed E-state index contributed by atoms with van der Waals surface area (Å²) in [6, 6.07) is 0.201. The van der Waals surface area contributed by atoms with E-state index in [-0.39, 0.29) is 11.6 Å². The maximum atomic E-state index is 6.26. The largest absolute Gasteiger partial charge is 0.325 e. The van der Waals surface area contributed by atoms with Crippen molar-refractivity contribution in [1.29, 1.82) is 0 Å². The van der Waals surface area contributed by atoms with E-state index in [1.165, 1.54) is 25.7 Å². The Kier molecular flexibility index (Phi) is 3.97. The van der Waals surface area contributed by atoms with Gasteiger partial charge in [-0.05, 0) is 33.9 Å². The minimum absolute atomic E-state index is 0.201. The van der Waals surface area contributed by atoms with Crippen LogP contribution < -0.4 is 5.73 Å². The van der Waals surface area contributed by atoms with E-state index >= 15 is 0 Å². The quantitative estimate of drug-likeness (QED) is 0.691. The predicted octanol–water partition coefficient (Wildman–Crippen LogP) is 1.60. The minimum atomic E-state index is 0.201. The molecule has 1 rings (SSSR count). The van der Waals surface area contributed by atoms with Crippen LogP contribution in [0, 0.1) is 11.8 Å². The van der Waals surface area contributed by atoms with E-state index in [1.807, 2.05) is 6.92 Å². The van der Waals surface area contributed by atoms with Gasteiger partial charge in [0.15, 0.2) is 0 Å². The lowest BCUT2D eigenvalue weighted by atomic mass is 9.85. The molecule has 2 nitrogen and oxygen atoms in total. The Morgan fingerprint density at radius 1 is 1.36 bits per heavy atom. The van der Waals surface area contributed by atoms with Crippen LogP contribution in [-0.2, 0) is 0 Å². The van der Waals surface area contributed by atoms with Crippen molar-refractivity contribution in [3.05, 3.63) is 0 Å². The molecule has 0 radical (unpaired) electrons. The van der Waals surface area contributed by atoms with Crippen molar-refractivity contribution >= 4 is 0 Å². The van der Waals surface area contributed by atoms with Gasteiger partial charge in [-0.15, -0.1) is 11.8 Å². The number of hydrogen-bond donors (Lipinski definition) is 1. The Labute approximate surface area is 87.8 Å². The summed E-state index contributed by atoms with van der Waals surface area (Å²) < 4.78 is 0. The molecule has 0 aromatic carbocycles. The molecule has 2 heteroatoms. The van der Waals surface area contributed by atoms with Gasteiger partial charge in [0.05, 0.1) is 0 Å². The molecule has 0 aromatic heterocycles. The van der Waals surface area contributed by atoms with Gasteiger partial charge < -0.3 is 10.6 Å². The van der Waals surface area contributed by atoms with Crippen LogP contribution in [-0.4, -0.2) is 30.6 Å². The lowest BCUT2D eigenvalue weighted by Crippen LogP contribution is -2.55. The zero-order valence-corrected chi connectivity index (χ0v) is 9.64. The van der Waals surface area contributed by atoms with Crippen molar-refractivity contribution in [3.8, 4) is 11.8 Å². The molecule has 1 aliphatic rings. The number of nitrogens with two attached hydrogens (primary N) is 1. The second kappa shape index (κ2) is 4.82. The normalized spacial score (nSPS) is 21.8. The van der Waals surface area contributed by atoms with E-state index in [1.54, 1.807) is 0 Å². The maximum Gasteiger partial charge on any atom is 0.0363 e. The second-order valence-corrected chi connectivity index (χ2v) is 4.44. The monoisotopic (exact) mass is 194 g/mol. The standard InChI is InChI=1S/C12H22N2/c1-4-5-8-11(13)12(14(2)3)9-6-7-10-12/h11H,6-10,13H2,1-3H3. The third kappa shape index (κ3) is 2.10. The minimum Gasteiger partial charge on any atom is -0.325 e. The highest BCUT2D eigenvalue weighted by molar-refractivity contribution is 5.07. The van der Waals surface area contributed by atoms with Gasteiger partial charge in [0.1, 0.15) is 0 Å². The average Bonchev–Trinajstić information content (AvgIpc) is 2.63. The lowest BCUT2D eigenvalue weighted by Gasteiger charge is -2.40. The molecule has 1 atom stereocenters. The van der Waals surface area contributed by atoms with E-state index in [0.717, 1.165) is 6.42 Å². The first kappa shape index (κ1) is 11.6. The predicted molar refractivity (Wildman–Crippen MR) is 60.9 cm³/mol. The summed E-state index contributed by atoms with van der Waals surface area (Å²) in [4.78, 5) is 2.31. The molecule has 0 aromatic rings. The SMILES string of the molecule is CC#CCC(N)C1(N(C)C)CCCC1. The summed E-state index contributed by atoms with van der Waals surface area (Å²) in [6.45, 7) is 1.88.